The molecular formula is C8H10ClN3. The van der Waals surface area contributed by atoms with Gasteiger partial charge in [0.25, 0.3) is 0 Å². The number of nitrogens with two attached hydrogens (primary N) is 1. The van der Waals surface area contributed by atoms with E-state index in [0.29, 0.717) is 6.54 Å². The molecule has 2 rings (SSSR count). The highest BCUT2D eigenvalue weighted by atomic mass is 35.5. The van der Waals surface area contributed by atoms with Gasteiger partial charge < -0.3 is 10.7 Å². The van der Waals surface area contributed by atoms with Gasteiger partial charge in [0.05, 0.1) is 17.4 Å². The molecule has 0 unspecified atom stereocenters. The van der Waals surface area contributed by atoms with Gasteiger partial charge >= 0.3 is 0 Å². The van der Waals surface area contributed by atoms with Gasteiger partial charge in [-0.2, -0.15) is 0 Å². The van der Waals surface area contributed by atoms with Crippen molar-refractivity contribution < 1.29 is 0 Å². The van der Waals surface area contributed by atoms with Gasteiger partial charge in [0.1, 0.15) is 0 Å². The van der Waals surface area contributed by atoms with E-state index in [0.717, 1.165) is 16.6 Å². The summed E-state index contributed by atoms with van der Waals surface area (Å²) < 4.78 is 0. The molecule has 0 saturated heterocycles. The van der Waals surface area contributed by atoms with Crippen molar-refractivity contribution in [3.63, 3.8) is 0 Å². The normalized spacial score (nSPS) is 9.75. The minimum Gasteiger partial charge on any atom is -0.345 e. The van der Waals surface area contributed by atoms with Crippen LogP contribution in [0.25, 0.3) is 11.0 Å². The number of aromatic nitrogens is 2. The molecule has 3 nitrogen and oxygen atoms in total. The first-order valence-electron chi connectivity index (χ1n) is 3.53. The number of hydrogen-bond acceptors (Lipinski definition) is 2. The van der Waals surface area contributed by atoms with Crippen molar-refractivity contribution in [2.45, 2.75) is 6.54 Å². The SMILES string of the molecule is Cl.NCc1cccc2[nH]cnc12. The van der Waals surface area contributed by atoms with Crippen LogP contribution in [0.1, 0.15) is 5.56 Å². The zero-order valence-electron chi connectivity index (χ0n) is 6.45. The number of nitrogens with one attached hydrogen (secondary N) is 1. The van der Waals surface area contributed by atoms with E-state index in [1.165, 1.54) is 0 Å². The van der Waals surface area contributed by atoms with Crippen LogP contribution in [-0.4, -0.2) is 9.97 Å². The Balaban J connectivity index is 0.000000720. The molecular weight excluding hydrogens is 174 g/mol. The van der Waals surface area contributed by atoms with Crippen LogP contribution in [-0.2, 0) is 6.54 Å². The van der Waals surface area contributed by atoms with E-state index in [1.54, 1.807) is 6.33 Å². The Kier molecular flexibility index (Phi) is 2.68. The number of imidazole rings is 1. The fourth-order valence-electron chi connectivity index (χ4n) is 1.19. The molecule has 3 N–H and O–H groups in total. The first-order chi connectivity index (χ1) is 5.42. The lowest BCUT2D eigenvalue weighted by Gasteiger charge is -1.95. The van der Waals surface area contributed by atoms with E-state index >= 15 is 0 Å². The lowest BCUT2D eigenvalue weighted by atomic mass is 10.2. The van der Waals surface area contributed by atoms with E-state index in [4.69, 9.17) is 5.73 Å². The maximum Gasteiger partial charge on any atom is 0.0932 e. The molecule has 0 aliphatic rings. The summed E-state index contributed by atoms with van der Waals surface area (Å²) in [5.41, 5.74) is 8.64. The van der Waals surface area contributed by atoms with Crippen molar-refractivity contribution >= 4 is 23.4 Å². The Morgan fingerprint density at radius 2 is 2.25 bits per heavy atom. The minimum absolute atomic E-state index is 0. The van der Waals surface area contributed by atoms with Crippen LogP contribution in [0.4, 0.5) is 0 Å². The Morgan fingerprint density at radius 1 is 1.42 bits per heavy atom. The Bertz CT molecular complexity index is 369. The van der Waals surface area contributed by atoms with Crippen molar-refractivity contribution in [1.29, 1.82) is 0 Å². The number of halogens is 1. The zero-order valence-corrected chi connectivity index (χ0v) is 7.27. The predicted octanol–water partition coefficient (Wildman–Crippen LogP) is 1.44. The topological polar surface area (TPSA) is 54.7 Å². The van der Waals surface area contributed by atoms with Gasteiger partial charge in [-0.3, -0.25) is 0 Å². The van der Waals surface area contributed by atoms with Crippen LogP contribution in [0.2, 0.25) is 0 Å². The summed E-state index contributed by atoms with van der Waals surface area (Å²) in [6.07, 6.45) is 1.68. The summed E-state index contributed by atoms with van der Waals surface area (Å²) in [7, 11) is 0. The van der Waals surface area contributed by atoms with Gasteiger partial charge in [0.15, 0.2) is 0 Å². The van der Waals surface area contributed by atoms with Crippen molar-refractivity contribution in [2.24, 2.45) is 5.73 Å². The lowest BCUT2D eigenvalue weighted by Crippen LogP contribution is -1.96. The number of nitrogens with zero attached hydrogens (tertiary/aromatic N) is 1. The number of fused-ring (bicyclic) bond motifs is 1. The van der Waals surface area contributed by atoms with Crippen LogP contribution in [0.15, 0.2) is 24.5 Å². The highest BCUT2D eigenvalue weighted by Gasteiger charge is 1.98. The van der Waals surface area contributed by atoms with E-state index in [-0.39, 0.29) is 12.4 Å². The van der Waals surface area contributed by atoms with Crippen LogP contribution >= 0.6 is 12.4 Å². The molecule has 1 aromatic heterocycles. The number of para-hydroxylation sites is 1. The molecule has 4 heteroatoms. The monoisotopic (exact) mass is 183 g/mol. The molecule has 0 fully saturated rings. The Labute approximate surface area is 76.4 Å². The van der Waals surface area contributed by atoms with Crippen molar-refractivity contribution in [2.75, 3.05) is 0 Å². The largest absolute Gasteiger partial charge is 0.345 e. The fraction of sp³-hybridized carbons (Fsp3) is 0.125. The van der Waals surface area contributed by atoms with Gasteiger partial charge in [-0.1, -0.05) is 12.1 Å². The van der Waals surface area contributed by atoms with E-state index in [9.17, 15) is 0 Å². The standard InChI is InChI=1S/C8H9N3.ClH/c9-4-6-2-1-3-7-8(6)11-5-10-7;/h1-3,5H,4,9H2,(H,10,11);1H. The van der Waals surface area contributed by atoms with Gasteiger partial charge in [-0.25, -0.2) is 4.98 Å². The molecule has 0 saturated carbocycles. The molecule has 12 heavy (non-hydrogen) atoms. The molecule has 0 amide bonds. The summed E-state index contributed by atoms with van der Waals surface area (Å²) in [4.78, 5) is 7.18. The second kappa shape index (κ2) is 3.56. The van der Waals surface area contributed by atoms with Crippen LogP contribution in [0.5, 0.6) is 0 Å². The average molecular weight is 184 g/mol. The maximum absolute atomic E-state index is 5.52. The highest BCUT2D eigenvalue weighted by molar-refractivity contribution is 5.85. The highest BCUT2D eigenvalue weighted by Crippen LogP contribution is 2.12. The molecule has 0 aliphatic heterocycles. The summed E-state index contributed by atoms with van der Waals surface area (Å²) in [6.45, 7) is 0.544. The van der Waals surface area contributed by atoms with E-state index in [1.807, 2.05) is 18.2 Å². The average Bonchev–Trinajstić information content (AvgIpc) is 2.50. The van der Waals surface area contributed by atoms with E-state index < -0.39 is 0 Å². The summed E-state index contributed by atoms with van der Waals surface area (Å²) in [5, 5.41) is 0. The van der Waals surface area contributed by atoms with Gasteiger partial charge in [0, 0.05) is 6.54 Å². The second-order valence-electron chi connectivity index (χ2n) is 2.42. The number of benzene rings is 1. The predicted molar refractivity (Wildman–Crippen MR) is 51.2 cm³/mol. The summed E-state index contributed by atoms with van der Waals surface area (Å²) in [6, 6.07) is 5.95. The van der Waals surface area contributed by atoms with Crippen molar-refractivity contribution in [3.05, 3.63) is 30.1 Å². The van der Waals surface area contributed by atoms with Gasteiger partial charge in [-0.15, -0.1) is 12.4 Å². The van der Waals surface area contributed by atoms with Crippen LogP contribution < -0.4 is 5.73 Å². The number of H-pyrrole nitrogens is 1. The molecule has 1 heterocycles. The number of rotatable bonds is 1. The van der Waals surface area contributed by atoms with Crippen molar-refractivity contribution in [3.8, 4) is 0 Å². The molecule has 0 spiro atoms. The molecule has 1 aromatic carbocycles. The fourth-order valence-corrected chi connectivity index (χ4v) is 1.19. The number of aromatic amines is 1. The molecule has 0 atom stereocenters. The quantitative estimate of drug-likeness (QED) is 0.703. The number of hydrogen-bond donors (Lipinski definition) is 2. The molecule has 0 aliphatic carbocycles. The molecule has 0 radical (unpaired) electrons. The molecule has 2 aromatic rings. The third-order valence-corrected chi connectivity index (χ3v) is 1.75. The summed E-state index contributed by atoms with van der Waals surface area (Å²) in [5.74, 6) is 0. The van der Waals surface area contributed by atoms with Crippen molar-refractivity contribution in [1.82, 2.24) is 9.97 Å². The van der Waals surface area contributed by atoms with E-state index in [2.05, 4.69) is 9.97 Å². The van der Waals surface area contributed by atoms with Gasteiger partial charge in [0.2, 0.25) is 0 Å². The Hall–Kier alpha value is -1.06. The van der Waals surface area contributed by atoms with Crippen LogP contribution in [0.3, 0.4) is 0 Å². The third kappa shape index (κ3) is 1.29. The third-order valence-electron chi connectivity index (χ3n) is 1.75. The van der Waals surface area contributed by atoms with Gasteiger partial charge in [-0.05, 0) is 11.6 Å². The molecule has 0 bridgehead atoms. The van der Waals surface area contributed by atoms with Crippen LogP contribution in [0, 0.1) is 0 Å². The second-order valence-corrected chi connectivity index (χ2v) is 2.42. The lowest BCUT2D eigenvalue weighted by molar-refractivity contribution is 1.08. The zero-order chi connectivity index (χ0) is 7.68. The Morgan fingerprint density at radius 3 is 3.00 bits per heavy atom. The minimum atomic E-state index is 0. The smallest absolute Gasteiger partial charge is 0.0932 e. The maximum atomic E-state index is 5.52. The summed E-state index contributed by atoms with van der Waals surface area (Å²) >= 11 is 0. The first kappa shape index (κ1) is 9.03. The first-order valence-corrected chi connectivity index (χ1v) is 3.53. The molecule has 64 valence electrons.